The SMILES string of the molecule is C=CC(=O)N1CC(N(CC2CC2)c2cc(-c3cc(OC)ncn3)c[nH]c2=O)C1. The Hall–Kier alpha value is -3.16. The number of H-pyrrole nitrogens is 1. The van der Waals surface area contributed by atoms with Gasteiger partial charge >= 0.3 is 0 Å². The van der Waals surface area contributed by atoms with Crippen LogP contribution in [0, 0.1) is 5.92 Å². The van der Waals surface area contributed by atoms with Crippen molar-refractivity contribution in [3.63, 3.8) is 0 Å². The van der Waals surface area contributed by atoms with Gasteiger partial charge in [-0.3, -0.25) is 9.59 Å². The van der Waals surface area contributed by atoms with Crippen LogP contribution in [0.25, 0.3) is 11.3 Å². The third-order valence-electron chi connectivity index (χ3n) is 5.28. The van der Waals surface area contributed by atoms with E-state index in [2.05, 4.69) is 26.4 Å². The molecule has 8 nitrogen and oxygen atoms in total. The number of amides is 1. The highest BCUT2D eigenvalue weighted by atomic mass is 16.5. The summed E-state index contributed by atoms with van der Waals surface area (Å²) in [5, 5.41) is 0. The van der Waals surface area contributed by atoms with Crippen molar-refractivity contribution >= 4 is 11.6 Å². The summed E-state index contributed by atoms with van der Waals surface area (Å²) in [5.41, 5.74) is 1.93. The van der Waals surface area contributed by atoms with Crippen LogP contribution in [0.15, 0.2) is 42.1 Å². The lowest BCUT2D eigenvalue weighted by Crippen LogP contribution is -2.62. The van der Waals surface area contributed by atoms with Crippen LogP contribution in [0.3, 0.4) is 0 Å². The number of hydrogen-bond donors (Lipinski definition) is 1. The predicted molar refractivity (Wildman–Crippen MR) is 105 cm³/mol. The summed E-state index contributed by atoms with van der Waals surface area (Å²) in [6, 6.07) is 3.72. The number of methoxy groups -OCH3 is 1. The minimum atomic E-state index is -0.140. The predicted octanol–water partition coefficient (Wildman–Crippen LogP) is 1.45. The molecule has 3 heterocycles. The third-order valence-corrected chi connectivity index (χ3v) is 5.28. The molecule has 2 aromatic heterocycles. The van der Waals surface area contributed by atoms with Gasteiger partial charge in [0.05, 0.1) is 18.8 Å². The summed E-state index contributed by atoms with van der Waals surface area (Å²) in [5.74, 6) is 0.995. The Bertz CT molecular complexity index is 947. The highest BCUT2D eigenvalue weighted by Crippen LogP contribution is 2.33. The summed E-state index contributed by atoms with van der Waals surface area (Å²) >= 11 is 0. The lowest BCUT2D eigenvalue weighted by molar-refractivity contribution is -0.130. The molecule has 0 bridgehead atoms. The first kappa shape index (κ1) is 18.2. The summed E-state index contributed by atoms with van der Waals surface area (Å²) in [6.45, 7) is 5.56. The van der Waals surface area contributed by atoms with Crippen molar-refractivity contribution in [2.24, 2.45) is 5.92 Å². The van der Waals surface area contributed by atoms with Crippen molar-refractivity contribution in [3.05, 3.63) is 47.7 Å². The van der Waals surface area contributed by atoms with Gasteiger partial charge < -0.3 is 19.5 Å². The van der Waals surface area contributed by atoms with E-state index in [0.717, 1.165) is 12.1 Å². The first-order valence-electron chi connectivity index (χ1n) is 9.36. The fourth-order valence-corrected chi connectivity index (χ4v) is 3.43. The zero-order chi connectivity index (χ0) is 19.7. The van der Waals surface area contributed by atoms with Crippen LogP contribution in [0.5, 0.6) is 5.88 Å². The molecule has 0 aromatic carbocycles. The number of nitrogens with one attached hydrogen (secondary N) is 1. The third kappa shape index (κ3) is 3.62. The van der Waals surface area contributed by atoms with Crippen molar-refractivity contribution in [2.45, 2.75) is 18.9 Å². The average molecular weight is 381 g/mol. The Morgan fingerprint density at radius 2 is 2.18 bits per heavy atom. The minimum Gasteiger partial charge on any atom is -0.481 e. The molecule has 1 aliphatic heterocycles. The Morgan fingerprint density at radius 3 is 2.86 bits per heavy atom. The lowest BCUT2D eigenvalue weighted by atomic mass is 10.0. The topological polar surface area (TPSA) is 91.4 Å². The van der Waals surface area contributed by atoms with Crippen LogP contribution in [-0.4, -0.2) is 58.5 Å². The van der Waals surface area contributed by atoms with Crippen molar-refractivity contribution in [2.75, 3.05) is 31.6 Å². The second-order valence-electron chi connectivity index (χ2n) is 7.25. The number of anilines is 1. The zero-order valence-corrected chi connectivity index (χ0v) is 15.8. The number of likely N-dealkylation sites (tertiary alicyclic amines) is 1. The fraction of sp³-hybridized carbons (Fsp3) is 0.400. The summed E-state index contributed by atoms with van der Waals surface area (Å²) in [6.07, 6.45) is 6.78. The standard InChI is InChI=1S/C20H23N5O3/c1-3-19(26)24-10-15(11-24)25(9-13-4-5-13)17-6-14(8-21-20(17)27)16-7-18(28-2)23-12-22-16/h3,6-8,12-13,15H,1,4-5,9-11H2,2H3,(H,21,27). The minimum absolute atomic E-state index is 0.0710. The van der Waals surface area contributed by atoms with Gasteiger partial charge in [-0.25, -0.2) is 9.97 Å². The molecule has 4 rings (SSSR count). The van der Waals surface area contributed by atoms with Crippen molar-refractivity contribution < 1.29 is 9.53 Å². The molecule has 0 atom stereocenters. The van der Waals surface area contributed by atoms with Gasteiger partial charge in [0.1, 0.15) is 12.0 Å². The molecule has 2 fully saturated rings. The van der Waals surface area contributed by atoms with Gasteiger partial charge in [-0.2, -0.15) is 0 Å². The molecule has 8 heteroatoms. The number of hydrogen-bond acceptors (Lipinski definition) is 6. The van der Waals surface area contributed by atoms with Crippen molar-refractivity contribution in [3.8, 4) is 17.1 Å². The van der Waals surface area contributed by atoms with E-state index in [9.17, 15) is 9.59 Å². The monoisotopic (exact) mass is 381 g/mol. The Labute approximate surface area is 162 Å². The number of ether oxygens (including phenoxy) is 1. The molecule has 1 amide bonds. The number of nitrogens with zero attached hydrogens (tertiary/aromatic N) is 4. The van der Waals surface area contributed by atoms with Gasteiger partial charge in [0, 0.05) is 37.5 Å². The van der Waals surface area contributed by atoms with E-state index in [1.54, 1.807) is 24.3 Å². The molecule has 0 unspecified atom stereocenters. The summed E-state index contributed by atoms with van der Waals surface area (Å²) in [4.78, 5) is 39.5. The van der Waals surface area contributed by atoms with Gasteiger partial charge in [-0.05, 0) is 30.9 Å². The molecule has 146 valence electrons. The Morgan fingerprint density at radius 1 is 1.39 bits per heavy atom. The van der Waals surface area contributed by atoms with Crippen molar-refractivity contribution in [1.29, 1.82) is 0 Å². The van der Waals surface area contributed by atoms with Crippen LogP contribution in [0.2, 0.25) is 0 Å². The van der Waals surface area contributed by atoms with E-state index in [-0.39, 0.29) is 17.5 Å². The molecule has 1 saturated carbocycles. The van der Waals surface area contributed by atoms with Crippen LogP contribution in [0.1, 0.15) is 12.8 Å². The number of aromatic amines is 1. The molecule has 1 N–H and O–H groups in total. The second-order valence-corrected chi connectivity index (χ2v) is 7.25. The van der Waals surface area contributed by atoms with E-state index >= 15 is 0 Å². The van der Waals surface area contributed by atoms with Gasteiger partial charge in [0.15, 0.2) is 0 Å². The number of rotatable bonds is 7. The molecule has 1 aliphatic carbocycles. The number of carbonyl (C=O) groups excluding carboxylic acids is 1. The lowest BCUT2D eigenvalue weighted by Gasteiger charge is -2.46. The Balaban J connectivity index is 1.63. The van der Waals surface area contributed by atoms with Crippen molar-refractivity contribution in [1.82, 2.24) is 19.9 Å². The maximum absolute atomic E-state index is 12.6. The van der Waals surface area contributed by atoms with E-state index in [1.807, 2.05) is 6.07 Å². The number of pyridine rings is 1. The Kier molecular flexibility index (Phi) is 4.85. The molecule has 1 saturated heterocycles. The highest BCUT2D eigenvalue weighted by Gasteiger charge is 2.37. The average Bonchev–Trinajstić information content (AvgIpc) is 3.50. The van der Waals surface area contributed by atoms with Crippen LogP contribution in [-0.2, 0) is 4.79 Å². The number of aromatic nitrogens is 3. The van der Waals surface area contributed by atoms with E-state index in [1.165, 1.54) is 25.2 Å². The molecular weight excluding hydrogens is 358 g/mol. The van der Waals surface area contributed by atoms with E-state index in [0.29, 0.717) is 36.3 Å². The second kappa shape index (κ2) is 7.46. The summed E-state index contributed by atoms with van der Waals surface area (Å²) < 4.78 is 5.17. The first-order valence-corrected chi connectivity index (χ1v) is 9.36. The maximum atomic E-state index is 12.6. The van der Waals surface area contributed by atoms with Crippen LogP contribution >= 0.6 is 0 Å². The number of carbonyl (C=O) groups is 1. The molecule has 0 spiro atoms. The molecule has 2 aromatic rings. The normalized spacial score (nSPS) is 16.4. The van der Waals surface area contributed by atoms with E-state index in [4.69, 9.17) is 4.74 Å². The van der Waals surface area contributed by atoms with Crippen LogP contribution < -0.4 is 15.2 Å². The maximum Gasteiger partial charge on any atom is 0.271 e. The largest absolute Gasteiger partial charge is 0.481 e. The first-order chi connectivity index (χ1) is 13.6. The molecule has 2 aliphatic rings. The highest BCUT2D eigenvalue weighted by molar-refractivity contribution is 5.87. The van der Waals surface area contributed by atoms with Gasteiger partial charge in [-0.1, -0.05) is 6.58 Å². The van der Waals surface area contributed by atoms with E-state index < -0.39 is 0 Å². The smallest absolute Gasteiger partial charge is 0.271 e. The molecule has 0 radical (unpaired) electrons. The molecule has 28 heavy (non-hydrogen) atoms. The van der Waals surface area contributed by atoms with Gasteiger partial charge in [0.2, 0.25) is 11.8 Å². The van der Waals surface area contributed by atoms with Crippen LogP contribution in [0.4, 0.5) is 5.69 Å². The molecular formula is C20H23N5O3. The zero-order valence-electron chi connectivity index (χ0n) is 15.8. The summed E-state index contributed by atoms with van der Waals surface area (Å²) in [7, 11) is 1.55. The van der Waals surface area contributed by atoms with Gasteiger partial charge in [0.25, 0.3) is 5.56 Å². The quantitative estimate of drug-likeness (QED) is 0.730. The fourth-order valence-electron chi connectivity index (χ4n) is 3.43. The van der Waals surface area contributed by atoms with Gasteiger partial charge in [-0.15, -0.1) is 0 Å².